The van der Waals surface area contributed by atoms with Crippen molar-refractivity contribution in [2.24, 2.45) is 0 Å². The molecular formula is C22H16BrN5O3. The van der Waals surface area contributed by atoms with Gasteiger partial charge in [-0.2, -0.15) is 5.10 Å². The first-order valence-corrected chi connectivity index (χ1v) is 10.1. The maximum absolute atomic E-state index is 12.9. The van der Waals surface area contributed by atoms with Gasteiger partial charge in [0.15, 0.2) is 5.69 Å². The molecule has 0 saturated carbocycles. The number of nitrogens with one attached hydrogen (secondary N) is 2. The topological polar surface area (TPSA) is 106 Å². The summed E-state index contributed by atoms with van der Waals surface area (Å²) in [6.45, 7) is 0.209. The average molecular weight is 478 g/mol. The highest BCUT2D eigenvalue weighted by atomic mass is 79.9. The molecule has 0 fully saturated rings. The van der Waals surface area contributed by atoms with Crippen molar-refractivity contribution >= 4 is 38.5 Å². The van der Waals surface area contributed by atoms with Gasteiger partial charge in [-0.1, -0.05) is 48.5 Å². The second-order valence-corrected chi connectivity index (χ2v) is 7.56. The van der Waals surface area contributed by atoms with Gasteiger partial charge < -0.3 is 0 Å². The highest BCUT2D eigenvalue weighted by Gasteiger charge is 2.18. The number of fused-ring (bicyclic) bond motifs is 1. The molecule has 2 heterocycles. The van der Waals surface area contributed by atoms with E-state index in [1.807, 2.05) is 30.3 Å². The Morgan fingerprint density at radius 2 is 1.58 bits per heavy atom. The minimum absolute atomic E-state index is 0.0267. The number of carbonyl (C=O) groups excluding carboxylic acids is 2. The third kappa shape index (κ3) is 4.51. The number of carbonyl (C=O) groups is 2. The zero-order chi connectivity index (χ0) is 21.8. The van der Waals surface area contributed by atoms with E-state index in [1.165, 1.54) is 10.9 Å². The number of aromatic nitrogens is 3. The number of amides is 2. The van der Waals surface area contributed by atoms with E-state index < -0.39 is 11.8 Å². The number of benzene rings is 2. The van der Waals surface area contributed by atoms with Crippen LogP contribution in [0.2, 0.25) is 0 Å². The Morgan fingerprint density at radius 3 is 2.32 bits per heavy atom. The van der Waals surface area contributed by atoms with Gasteiger partial charge >= 0.3 is 0 Å². The summed E-state index contributed by atoms with van der Waals surface area (Å²) in [7, 11) is 0. The molecule has 0 aliphatic heterocycles. The van der Waals surface area contributed by atoms with E-state index in [1.54, 1.807) is 36.5 Å². The van der Waals surface area contributed by atoms with Gasteiger partial charge in [0.1, 0.15) is 0 Å². The fourth-order valence-electron chi connectivity index (χ4n) is 3.05. The average Bonchev–Trinajstić information content (AvgIpc) is 2.80. The maximum atomic E-state index is 12.9. The Bertz CT molecular complexity index is 1340. The number of rotatable bonds is 4. The summed E-state index contributed by atoms with van der Waals surface area (Å²) >= 11 is 3.24. The van der Waals surface area contributed by atoms with Crippen molar-refractivity contribution in [1.82, 2.24) is 25.6 Å². The van der Waals surface area contributed by atoms with E-state index in [4.69, 9.17) is 0 Å². The highest BCUT2D eigenvalue weighted by Crippen LogP contribution is 2.14. The van der Waals surface area contributed by atoms with Crippen molar-refractivity contribution in [2.45, 2.75) is 6.54 Å². The predicted molar refractivity (Wildman–Crippen MR) is 118 cm³/mol. The molecule has 8 nitrogen and oxygen atoms in total. The van der Waals surface area contributed by atoms with E-state index in [-0.39, 0.29) is 23.4 Å². The Balaban J connectivity index is 1.64. The summed E-state index contributed by atoms with van der Waals surface area (Å²) in [5.41, 5.74) is 5.56. The van der Waals surface area contributed by atoms with Crippen LogP contribution in [0.5, 0.6) is 0 Å². The lowest BCUT2D eigenvalue weighted by Gasteiger charge is -2.12. The molecule has 0 bridgehead atoms. The molecule has 2 aromatic carbocycles. The summed E-state index contributed by atoms with van der Waals surface area (Å²) in [6, 6.07) is 17.6. The predicted octanol–water partition coefficient (Wildman–Crippen LogP) is 2.68. The molecule has 154 valence electrons. The van der Waals surface area contributed by atoms with Crippen LogP contribution in [0, 0.1) is 0 Å². The summed E-state index contributed by atoms with van der Waals surface area (Å²) in [5, 5.41) is 5.04. The molecule has 9 heteroatoms. The van der Waals surface area contributed by atoms with Crippen molar-refractivity contribution in [1.29, 1.82) is 0 Å². The molecule has 4 aromatic rings. The summed E-state index contributed by atoms with van der Waals surface area (Å²) in [6.07, 6.45) is 2.92. The number of nitrogens with zero attached hydrogens (tertiary/aromatic N) is 3. The molecule has 31 heavy (non-hydrogen) atoms. The van der Waals surface area contributed by atoms with E-state index >= 15 is 0 Å². The lowest BCUT2D eigenvalue weighted by Crippen LogP contribution is -2.42. The highest BCUT2D eigenvalue weighted by molar-refractivity contribution is 9.10. The Morgan fingerprint density at radius 1 is 0.903 bits per heavy atom. The Labute approximate surface area is 185 Å². The minimum Gasteiger partial charge on any atom is -0.267 e. The third-order valence-corrected chi connectivity index (χ3v) is 4.95. The van der Waals surface area contributed by atoms with Gasteiger partial charge in [-0.15, -0.1) is 0 Å². The smallest absolute Gasteiger partial charge is 0.267 e. The molecule has 0 radical (unpaired) electrons. The number of halogens is 1. The van der Waals surface area contributed by atoms with Gasteiger partial charge in [0, 0.05) is 22.3 Å². The van der Waals surface area contributed by atoms with Crippen molar-refractivity contribution in [2.75, 3.05) is 0 Å². The van der Waals surface area contributed by atoms with E-state index in [9.17, 15) is 14.4 Å². The van der Waals surface area contributed by atoms with Gasteiger partial charge in [-0.05, 0) is 33.6 Å². The molecule has 2 amide bonds. The first-order chi connectivity index (χ1) is 15.0. The third-order valence-electron chi connectivity index (χ3n) is 4.51. The molecule has 0 spiro atoms. The quantitative estimate of drug-likeness (QED) is 0.439. The van der Waals surface area contributed by atoms with Gasteiger partial charge in [0.05, 0.1) is 17.5 Å². The standard InChI is InChI=1S/C22H16BrN5O3/c23-16-10-15(11-24-12-16)20(29)25-26-21(30)19-17-8-4-5-9-18(17)22(31)28(27-19)13-14-6-2-1-3-7-14/h1-12H,13H2,(H,25,29)(H,26,30). The molecule has 0 aliphatic carbocycles. The normalized spacial score (nSPS) is 10.6. The van der Waals surface area contributed by atoms with E-state index in [0.717, 1.165) is 5.56 Å². The molecule has 0 atom stereocenters. The molecular weight excluding hydrogens is 462 g/mol. The Hall–Kier alpha value is -3.85. The largest absolute Gasteiger partial charge is 0.290 e. The van der Waals surface area contributed by atoms with Crippen LogP contribution in [-0.4, -0.2) is 26.6 Å². The fraction of sp³-hybridized carbons (Fsp3) is 0.0455. The molecule has 0 saturated heterocycles. The summed E-state index contributed by atoms with van der Waals surface area (Å²) in [5.74, 6) is -1.18. The van der Waals surface area contributed by atoms with Crippen LogP contribution in [0.25, 0.3) is 10.8 Å². The maximum Gasteiger partial charge on any atom is 0.290 e. The second-order valence-electron chi connectivity index (χ2n) is 6.64. The van der Waals surface area contributed by atoms with Crippen LogP contribution in [-0.2, 0) is 6.54 Å². The van der Waals surface area contributed by atoms with Gasteiger partial charge in [-0.25, -0.2) is 4.68 Å². The zero-order valence-electron chi connectivity index (χ0n) is 16.1. The van der Waals surface area contributed by atoms with Crippen molar-refractivity contribution in [3.05, 3.63) is 105 Å². The lowest BCUT2D eigenvalue weighted by molar-refractivity contribution is 0.0843. The van der Waals surface area contributed by atoms with Gasteiger partial charge in [0.2, 0.25) is 0 Å². The second kappa shape index (κ2) is 8.88. The van der Waals surface area contributed by atoms with Crippen LogP contribution >= 0.6 is 15.9 Å². The number of hydrogen-bond acceptors (Lipinski definition) is 5. The number of hydrogen-bond donors (Lipinski definition) is 2. The first kappa shape index (κ1) is 20.4. The number of hydrazine groups is 1. The van der Waals surface area contributed by atoms with Crippen LogP contribution in [0.3, 0.4) is 0 Å². The van der Waals surface area contributed by atoms with Crippen molar-refractivity contribution in [3.8, 4) is 0 Å². The van der Waals surface area contributed by atoms with Gasteiger partial charge in [-0.3, -0.25) is 30.2 Å². The molecule has 2 aromatic heterocycles. The fourth-order valence-corrected chi connectivity index (χ4v) is 3.41. The number of pyridine rings is 1. The summed E-state index contributed by atoms with van der Waals surface area (Å²) in [4.78, 5) is 41.9. The van der Waals surface area contributed by atoms with Gasteiger partial charge in [0.25, 0.3) is 17.4 Å². The molecule has 0 aliphatic rings. The van der Waals surface area contributed by atoms with E-state index in [2.05, 4.69) is 36.9 Å². The Kier molecular flexibility index (Phi) is 5.85. The van der Waals surface area contributed by atoms with E-state index in [0.29, 0.717) is 15.2 Å². The monoisotopic (exact) mass is 477 g/mol. The summed E-state index contributed by atoms with van der Waals surface area (Å²) < 4.78 is 1.87. The zero-order valence-corrected chi connectivity index (χ0v) is 17.7. The first-order valence-electron chi connectivity index (χ1n) is 9.28. The molecule has 4 rings (SSSR count). The van der Waals surface area contributed by atoms with Crippen LogP contribution in [0.4, 0.5) is 0 Å². The van der Waals surface area contributed by atoms with Crippen LogP contribution < -0.4 is 16.4 Å². The minimum atomic E-state index is -0.644. The lowest BCUT2D eigenvalue weighted by atomic mass is 10.1. The SMILES string of the molecule is O=C(NNC(=O)c1nn(Cc2ccccc2)c(=O)c2ccccc12)c1cncc(Br)c1. The molecule has 2 N–H and O–H groups in total. The molecule has 0 unspecified atom stereocenters. The van der Waals surface area contributed by atoms with Crippen LogP contribution in [0.15, 0.2) is 82.3 Å². The van der Waals surface area contributed by atoms with Crippen molar-refractivity contribution in [3.63, 3.8) is 0 Å². The van der Waals surface area contributed by atoms with Crippen molar-refractivity contribution < 1.29 is 9.59 Å². The van der Waals surface area contributed by atoms with Crippen LogP contribution in [0.1, 0.15) is 26.4 Å².